The molecule has 3 rings (SSSR count). The highest BCUT2D eigenvalue weighted by molar-refractivity contribution is 5.76. The molecule has 7 nitrogen and oxygen atoms in total. The van der Waals surface area contributed by atoms with E-state index in [9.17, 15) is 4.79 Å². The SMILES string of the molecule is COc1ccc(CN2CCNC2=O)nc1-c1cccc(NO)c1. The van der Waals surface area contributed by atoms with Crippen LogP contribution in [0.25, 0.3) is 11.3 Å². The highest BCUT2D eigenvalue weighted by atomic mass is 16.5. The number of methoxy groups -OCH3 is 1. The Morgan fingerprint density at radius 2 is 2.26 bits per heavy atom. The van der Waals surface area contributed by atoms with E-state index in [0.717, 1.165) is 11.3 Å². The lowest BCUT2D eigenvalue weighted by atomic mass is 10.1. The van der Waals surface area contributed by atoms with Gasteiger partial charge in [-0.15, -0.1) is 0 Å². The van der Waals surface area contributed by atoms with E-state index in [4.69, 9.17) is 9.94 Å². The highest BCUT2D eigenvalue weighted by Gasteiger charge is 2.20. The molecule has 23 heavy (non-hydrogen) atoms. The second-order valence-corrected chi connectivity index (χ2v) is 5.20. The first-order chi connectivity index (χ1) is 11.2. The molecule has 1 aliphatic heterocycles. The second kappa shape index (κ2) is 6.53. The summed E-state index contributed by atoms with van der Waals surface area (Å²) in [7, 11) is 1.59. The summed E-state index contributed by atoms with van der Waals surface area (Å²) in [6.07, 6.45) is 0. The van der Waals surface area contributed by atoms with Crippen LogP contribution in [0, 0.1) is 0 Å². The molecule has 3 N–H and O–H groups in total. The van der Waals surface area contributed by atoms with Gasteiger partial charge in [0, 0.05) is 18.7 Å². The zero-order chi connectivity index (χ0) is 16.2. The predicted octanol–water partition coefficient (Wildman–Crippen LogP) is 2.08. The van der Waals surface area contributed by atoms with Gasteiger partial charge < -0.3 is 15.0 Å². The van der Waals surface area contributed by atoms with Crippen LogP contribution in [-0.4, -0.2) is 41.3 Å². The molecular weight excluding hydrogens is 296 g/mol. The number of aromatic nitrogens is 1. The van der Waals surface area contributed by atoms with E-state index in [1.165, 1.54) is 0 Å². The van der Waals surface area contributed by atoms with E-state index in [-0.39, 0.29) is 6.03 Å². The Morgan fingerprint density at radius 3 is 2.96 bits per heavy atom. The summed E-state index contributed by atoms with van der Waals surface area (Å²) >= 11 is 0. The lowest BCUT2D eigenvalue weighted by Crippen LogP contribution is -2.27. The minimum atomic E-state index is -0.0735. The van der Waals surface area contributed by atoms with Crippen LogP contribution in [0.4, 0.5) is 10.5 Å². The lowest BCUT2D eigenvalue weighted by Gasteiger charge is -2.15. The summed E-state index contributed by atoms with van der Waals surface area (Å²) in [6, 6.07) is 10.8. The Hall–Kier alpha value is -2.80. The number of carbonyl (C=O) groups is 1. The molecule has 0 spiro atoms. The minimum absolute atomic E-state index is 0.0735. The zero-order valence-corrected chi connectivity index (χ0v) is 12.7. The van der Waals surface area contributed by atoms with E-state index in [2.05, 4.69) is 15.8 Å². The van der Waals surface area contributed by atoms with Crippen molar-refractivity contribution in [1.29, 1.82) is 0 Å². The minimum Gasteiger partial charge on any atom is -0.494 e. The molecule has 0 aliphatic carbocycles. The monoisotopic (exact) mass is 314 g/mol. The molecule has 0 radical (unpaired) electrons. The number of urea groups is 1. The van der Waals surface area contributed by atoms with Crippen LogP contribution in [0.3, 0.4) is 0 Å². The van der Waals surface area contributed by atoms with Crippen LogP contribution in [0.1, 0.15) is 5.69 Å². The van der Waals surface area contributed by atoms with Crippen molar-refractivity contribution in [2.75, 3.05) is 25.7 Å². The molecular formula is C16H18N4O3. The van der Waals surface area contributed by atoms with E-state index >= 15 is 0 Å². The average Bonchev–Trinajstić information content (AvgIpc) is 2.99. The zero-order valence-electron chi connectivity index (χ0n) is 12.7. The van der Waals surface area contributed by atoms with Gasteiger partial charge in [0.05, 0.1) is 25.0 Å². The van der Waals surface area contributed by atoms with Gasteiger partial charge in [0.25, 0.3) is 0 Å². The molecule has 1 aromatic heterocycles. The van der Waals surface area contributed by atoms with Crippen LogP contribution in [0.5, 0.6) is 5.75 Å². The van der Waals surface area contributed by atoms with E-state index < -0.39 is 0 Å². The fourth-order valence-electron chi connectivity index (χ4n) is 2.54. The molecule has 1 aromatic carbocycles. The van der Waals surface area contributed by atoms with Gasteiger partial charge in [0.15, 0.2) is 0 Å². The fourth-order valence-corrected chi connectivity index (χ4v) is 2.54. The van der Waals surface area contributed by atoms with Gasteiger partial charge in [-0.3, -0.25) is 10.7 Å². The van der Waals surface area contributed by atoms with Crippen molar-refractivity contribution in [2.45, 2.75) is 6.54 Å². The third-order valence-electron chi connectivity index (χ3n) is 3.70. The largest absolute Gasteiger partial charge is 0.494 e. The van der Waals surface area contributed by atoms with Crippen molar-refractivity contribution in [3.63, 3.8) is 0 Å². The molecule has 7 heteroatoms. The number of nitrogens with one attached hydrogen (secondary N) is 2. The van der Waals surface area contributed by atoms with Crippen LogP contribution >= 0.6 is 0 Å². The molecule has 0 atom stereocenters. The second-order valence-electron chi connectivity index (χ2n) is 5.20. The molecule has 1 aliphatic rings. The summed E-state index contributed by atoms with van der Waals surface area (Å²) in [4.78, 5) is 18.0. The van der Waals surface area contributed by atoms with Crippen molar-refractivity contribution >= 4 is 11.7 Å². The number of anilines is 1. The van der Waals surface area contributed by atoms with Gasteiger partial charge in [-0.2, -0.15) is 0 Å². The lowest BCUT2D eigenvalue weighted by molar-refractivity contribution is 0.215. The van der Waals surface area contributed by atoms with E-state index in [1.807, 2.05) is 24.3 Å². The first-order valence-corrected chi connectivity index (χ1v) is 7.28. The van der Waals surface area contributed by atoms with Gasteiger partial charge in [-0.05, 0) is 24.3 Å². The Balaban J connectivity index is 1.94. The molecule has 2 amide bonds. The fraction of sp³-hybridized carbons (Fsp3) is 0.250. The number of rotatable bonds is 5. The van der Waals surface area contributed by atoms with E-state index in [0.29, 0.717) is 36.8 Å². The Labute approximate surface area is 133 Å². The van der Waals surface area contributed by atoms with Crippen molar-refractivity contribution in [2.24, 2.45) is 0 Å². The third-order valence-corrected chi connectivity index (χ3v) is 3.70. The van der Waals surface area contributed by atoms with Crippen molar-refractivity contribution in [3.8, 4) is 17.0 Å². The van der Waals surface area contributed by atoms with Crippen LogP contribution in [0.15, 0.2) is 36.4 Å². The summed E-state index contributed by atoms with van der Waals surface area (Å²) in [5.41, 5.74) is 4.95. The van der Waals surface area contributed by atoms with Gasteiger partial charge in [-0.25, -0.2) is 9.78 Å². The molecule has 0 bridgehead atoms. The van der Waals surface area contributed by atoms with Gasteiger partial charge in [0.2, 0.25) is 0 Å². The normalized spacial score (nSPS) is 13.8. The predicted molar refractivity (Wildman–Crippen MR) is 85.4 cm³/mol. The number of ether oxygens (including phenoxy) is 1. The maximum absolute atomic E-state index is 11.7. The number of pyridine rings is 1. The van der Waals surface area contributed by atoms with Crippen LogP contribution < -0.4 is 15.5 Å². The molecule has 120 valence electrons. The number of hydrogen-bond acceptors (Lipinski definition) is 5. The van der Waals surface area contributed by atoms with Crippen molar-refractivity contribution < 1.29 is 14.7 Å². The molecule has 2 aromatic rings. The Kier molecular flexibility index (Phi) is 4.29. The van der Waals surface area contributed by atoms with Gasteiger partial charge in [0.1, 0.15) is 11.4 Å². The maximum Gasteiger partial charge on any atom is 0.317 e. The Bertz CT molecular complexity index is 720. The number of hydrogen-bond donors (Lipinski definition) is 3. The smallest absolute Gasteiger partial charge is 0.317 e. The summed E-state index contributed by atoms with van der Waals surface area (Å²) in [6.45, 7) is 1.78. The first-order valence-electron chi connectivity index (χ1n) is 7.28. The van der Waals surface area contributed by atoms with Crippen LogP contribution in [-0.2, 0) is 6.54 Å². The van der Waals surface area contributed by atoms with E-state index in [1.54, 1.807) is 24.1 Å². The summed E-state index contributed by atoms with van der Waals surface area (Å²) < 4.78 is 5.38. The third kappa shape index (κ3) is 3.19. The summed E-state index contributed by atoms with van der Waals surface area (Å²) in [5.74, 6) is 0.634. The van der Waals surface area contributed by atoms with Crippen LogP contribution in [0.2, 0.25) is 0 Å². The molecule has 0 saturated carbocycles. The number of amides is 2. The first kappa shape index (κ1) is 15.1. The topological polar surface area (TPSA) is 86.7 Å². The molecule has 2 heterocycles. The molecule has 0 unspecified atom stereocenters. The Morgan fingerprint density at radius 1 is 1.39 bits per heavy atom. The number of carbonyl (C=O) groups excluding carboxylic acids is 1. The molecule has 1 saturated heterocycles. The van der Waals surface area contributed by atoms with Gasteiger partial charge in [-0.1, -0.05) is 12.1 Å². The highest BCUT2D eigenvalue weighted by Crippen LogP contribution is 2.30. The standard InChI is InChI=1S/C16H18N4O3/c1-23-14-6-5-13(10-20-8-7-17-16(20)21)18-15(14)11-3-2-4-12(9-11)19-22/h2-6,9,19,22H,7-8,10H2,1H3,(H,17,21). The van der Waals surface area contributed by atoms with Crippen molar-refractivity contribution in [1.82, 2.24) is 15.2 Å². The quantitative estimate of drug-likeness (QED) is 0.736. The molecule has 1 fully saturated rings. The van der Waals surface area contributed by atoms with Crippen molar-refractivity contribution in [3.05, 3.63) is 42.1 Å². The van der Waals surface area contributed by atoms with Gasteiger partial charge >= 0.3 is 6.03 Å². The average molecular weight is 314 g/mol. The number of nitrogens with zero attached hydrogens (tertiary/aromatic N) is 2. The maximum atomic E-state index is 11.7. The summed E-state index contributed by atoms with van der Waals surface area (Å²) in [5, 5.41) is 11.8. The number of benzene rings is 1.